The Morgan fingerprint density at radius 3 is 2.64 bits per heavy atom. The number of carbonyl (C=O) groups is 1. The number of hydrogen-bond donors (Lipinski definition) is 2. The van der Waals surface area contributed by atoms with Gasteiger partial charge in [0.1, 0.15) is 5.01 Å². The van der Waals surface area contributed by atoms with E-state index in [1.54, 1.807) is 4.90 Å². The van der Waals surface area contributed by atoms with Crippen molar-refractivity contribution in [3.05, 3.63) is 5.01 Å². The molecule has 0 spiro atoms. The SMILES string of the molecule is CCC1(CO)CCN(C(=O)Nc2nnc(CC(C)C)s2)CC1. The van der Waals surface area contributed by atoms with Crippen molar-refractivity contribution in [1.82, 2.24) is 15.1 Å². The van der Waals surface area contributed by atoms with Crippen molar-refractivity contribution in [3.8, 4) is 0 Å². The molecule has 1 fully saturated rings. The van der Waals surface area contributed by atoms with Crippen molar-refractivity contribution < 1.29 is 9.90 Å². The zero-order chi connectivity index (χ0) is 16.2. The van der Waals surface area contributed by atoms with Gasteiger partial charge in [-0.2, -0.15) is 0 Å². The molecule has 0 atom stereocenters. The van der Waals surface area contributed by atoms with Crippen molar-refractivity contribution in [2.24, 2.45) is 11.3 Å². The first-order valence-electron chi connectivity index (χ1n) is 7.97. The van der Waals surface area contributed by atoms with Gasteiger partial charge in [-0.1, -0.05) is 32.1 Å². The normalized spacial score (nSPS) is 17.8. The number of nitrogens with zero attached hydrogens (tertiary/aromatic N) is 3. The van der Waals surface area contributed by atoms with Crippen LogP contribution in [0.3, 0.4) is 0 Å². The van der Waals surface area contributed by atoms with Crippen LogP contribution in [0.1, 0.15) is 45.0 Å². The van der Waals surface area contributed by atoms with Crippen LogP contribution >= 0.6 is 11.3 Å². The van der Waals surface area contributed by atoms with Crippen molar-refractivity contribution >= 4 is 22.5 Å². The van der Waals surface area contributed by atoms with Gasteiger partial charge in [0.05, 0.1) is 0 Å². The molecule has 2 rings (SSSR count). The number of urea groups is 1. The highest BCUT2D eigenvalue weighted by Crippen LogP contribution is 2.34. The van der Waals surface area contributed by atoms with Crippen LogP contribution in [0.25, 0.3) is 0 Å². The molecule has 0 saturated carbocycles. The topological polar surface area (TPSA) is 78.4 Å². The quantitative estimate of drug-likeness (QED) is 0.872. The van der Waals surface area contributed by atoms with Gasteiger partial charge in [0.25, 0.3) is 0 Å². The van der Waals surface area contributed by atoms with Gasteiger partial charge in [-0.3, -0.25) is 5.32 Å². The number of amides is 2. The van der Waals surface area contributed by atoms with Crippen LogP contribution in [0, 0.1) is 11.3 Å². The first-order chi connectivity index (χ1) is 10.5. The number of rotatable bonds is 5. The van der Waals surface area contributed by atoms with E-state index in [0.29, 0.717) is 24.1 Å². The Morgan fingerprint density at radius 2 is 2.09 bits per heavy atom. The lowest BCUT2D eigenvalue weighted by atomic mass is 9.77. The fourth-order valence-electron chi connectivity index (χ4n) is 2.71. The first kappa shape index (κ1) is 17.1. The van der Waals surface area contributed by atoms with Gasteiger partial charge in [-0.05, 0) is 30.6 Å². The highest BCUT2D eigenvalue weighted by molar-refractivity contribution is 7.15. The molecule has 6 nitrogen and oxygen atoms in total. The van der Waals surface area contributed by atoms with Crippen LogP contribution < -0.4 is 5.32 Å². The summed E-state index contributed by atoms with van der Waals surface area (Å²) in [6, 6.07) is -0.116. The van der Waals surface area contributed by atoms with E-state index in [1.807, 2.05) is 0 Å². The fraction of sp³-hybridized carbons (Fsp3) is 0.800. The van der Waals surface area contributed by atoms with E-state index in [4.69, 9.17) is 0 Å². The number of likely N-dealkylation sites (tertiary alicyclic amines) is 1. The van der Waals surface area contributed by atoms with Crippen LogP contribution in [-0.2, 0) is 6.42 Å². The summed E-state index contributed by atoms with van der Waals surface area (Å²) in [6.45, 7) is 7.93. The summed E-state index contributed by atoms with van der Waals surface area (Å²) in [5.41, 5.74) is -0.00997. The number of carbonyl (C=O) groups excluding carboxylic acids is 1. The minimum atomic E-state index is -0.116. The molecule has 0 unspecified atom stereocenters. The van der Waals surface area contributed by atoms with Gasteiger partial charge in [0, 0.05) is 26.1 Å². The molecule has 1 aromatic rings. The molecule has 0 radical (unpaired) electrons. The molecular weight excluding hydrogens is 300 g/mol. The number of anilines is 1. The van der Waals surface area contributed by atoms with E-state index in [0.717, 1.165) is 30.7 Å². The molecule has 0 bridgehead atoms. The van der Waals surface area contributed by atoms with Crippen LogP contribution in [0.2, 0.25) is 0 Å². The molecule has 2 heterocycles. The molecule has 124 valence electrons. The Kier molecular flexibility index (Phi) is 5.74. The third kappa shape index (κ3) is 4.16. The lowest BCUT2D eigenvalue weighted by Gasteiger charge is -2.39. The van der Waals surface area contributed by atoms with Gasteiger partial charge in [0.15, 0.2) is 0 Å². The number of nitrogens with one attached hydrogen (secondary N) is 1. The van der Waals surface area contributed by atoms with Gasteiger partial charge in [-0.25, -0.2) is 4.79 Å². The smallest absolute Gasteiger partial charge is 0.323 e. The van der Waals surface area contributed by atoms with Crippen molar-refractivity contribution in [2.45, 2.75) is 46.5 Å². The maximum Gasteiger partial charge on any atom is 0.323 e. The molecule has 1 aliphatic rings. The highest BCUT2D eigenvalue weighted by Gasteiger charge is 2.34. The van der Waals surface area contributed by atoms with E-state index in [9.17, 15) is 9.90 Å². The Balaban J connectivity index is 1.87. The van der Waals surface area contributed by atoms with Gasteiger partial charge in [0.2, 0.25) is 5.13 Å². The van der Waals surface area contributed by atoms with Crippen LogP contribution in [-0.4, -0.2) is 45.9 Å². The van der Waals surface area contributed by atoms with Crippen molar-refractivity contribution in [1.29, 1.82) is 0 Å². The second-order valence-corrected chi connectivity index (χ2v) is 7.59. The Bertz CT molecular complexity index is 489. The Hall–Kier alpha value is -1.21. The molecule has 2 N–H and O–H groups in total. The van der Waals surface area contributed by atoms with Crippen LogP contribution in [0.4, 0.5) is 9.93 Å². The minimum absolute atomic E-state index is 0.00997. The number of aliphatic hydroxyl groups is 1. The Morgan fingerprint density at radius 1 is 1.41 bits per heavy atom. The summed E-state index contributed by atoms with van der Waals surface area (Å²) < 4.78 is 0. The monoisotopic (exact) mass is 326 g/mol. The van der Waals surface area contributed by atoms with Crippen LogP contribution in [0.15, 0.2) is 0 Å². The summed E-state index contributed by atoms with van der Waals surface area (Å²) >= 11 is 1.44. The molecule has 2 amide bonds. The predicted octanol–water partition coefficient (Wildman–Crippen LogP) is 2.75. The second kappa shape index (κ2) is 7.37. The van der Waals surface area contributed by atoms with E-state index in [1.165, 1.54) is 11.3 Å². The molecule has 1 aromatic heterocycles. The van der Waals surface area contributed by atoms with Gasteiger partial charge < -0.3 is 10.0 Å². The predicted molar refractivity (Wildman–Crippen MR) is 88.1 cm³/mol. The number of hydrogen-bond acceptors (Lipinski definition) is 5. The van der Waals surface area contributed by atoms with Crippen molar-refractivity contribution in [2.75, 3.05) is 25.0 Å². The van der Waals surface area contributed by atoms with Crippen LogP contribution in [0.5, 0.6) is 0 Å². The molecule has 7 heteroatoms. The fourth-order valence-corrected chi connectivity index (χ4v) is 3.66. The first-order valence-corrected chi connectivity index (χ1v) is 8.79. The zero-order valence-electron chi connectivity index (χ0n) is 13.6. The van der Waals surface area contributed by atoms with Crippen molar-refractivity contribution in [3.63, 3.8) is 0 Å². The summed E-state index contributed by atoms with van der Waals surface area (Å²) in [5, 5.41) is 22.0. The number of piperidine rings is 1. The summed E-state index contributed by atoms with van der Waals surface area (Å²) in [4.78, 5) is 14.1. The maximum absolute atomic E-state index is 12.3. The lowest BCUT2D eigenvalue weighted by molar-refractivity contribution is 0.0542. The highest BCUT2D eigenvalue weighted by atomic mass is 32.1. The average Bonchev–Trinajstić information content (AvgIpc) is 2.93. The molecule has 0 aromatic carbocycles. The summed E-state index contributed by atoms with van der Waals surface area (Å²) in [6.07, 6.45) is 3.53. The molecule has 22 heavy (non-hydrogen) atoms. The third-order valence-electron chi connectivity index (χ3n) is 4.46. The summed E-state index contributed by atoms with van der Waals surface area (Å²) in [5.74, 6) is 0.527. The van der Waals surface area contributed by atoms with E-state index >= 15 is 0 Å². The van der Waals surface area contributed by atoms with E-state index in [-0.39, 0.29) is 18.1 Å². The lowest BCUT2D eigenvalue weighted by Crippen LogP contribution is -2.46. The Labute approximate surface area is 135 Å². The largest absolute Gasteiger partial charge is 0.396 e. The molecular formula is C15H26N4O2S. The second-order valence-electron chi connectivity index (χ2n) is 6.53. The number of aromatic nitrogens is 2. The van der Waals surface area contributed by atoms with E-state index < -0.39 is 0 Å². The zero-order valence-corrected chi connectivity index (χ0v) is 14.4. The average molecular weight is 326 g/mol. The van der Waals surface area contributed by atoms with Gasteiger partial charge in [-0.15, -0.1) is 10.2 Å². The third-order valence-corrected chi connectivity index (χ3v) is 5.32. The number of aliphatic hydroxyl groups excluding tert-OH is 1. The van der Waals surface area contributed by atoms with E-state index in [2.05, 4.69) is 36.3 Å². The molecule has 1 saturated heterocycles. The van der Waals surface area contributed by atoms with Gasteiger partial charge >= 0.3 is 6.03 Å². The standard InChI is InChI=1S/C15H26N4O2S/c1-4-15(10-20)5-7-19(8-6-15)14(21)16-13-18-17-12(22-13)9-11(2)3/h11,20H,4-10H2,1-3H3,(H,16,18,21). The molecule has 0 aliphatic carbocycles. The summed E-state index contributed by atoms with van der Waals surface area (Å²) in [7, 11) is 0. The molecule has 1 aliphatic heterocycles. The maximum atomic E-state index is 12.3. The minimum Gasteiger partial charge on any atom is -0.396 e.